The molecule has 0 aromatic carbocycles. The van der Waals surface area contributed by atoms with E-state index in [2.05, 4.69) is 24.5 Å². The van der Waals surface area contributed by atoms with Crippen molar-refractivity contribution in [2.24, 2.45) is 23.0 Å². The van der Waals surface area contributed by atoms with Crippen LogP contribution in [0.2, 0.25) is 0 Å². The van der Waals surface area contributed by atoms with Crippen LogP contribution in [0.4, 0.5) is 0 Å². The zero-order valence-corrected chi connectivity index (χ0v) is 20.7. The number of ketones is 1. The van der Waals surface area contributed by atoms with Crippen molar-refractivity contribution in [3.63, 3.8) is 0 Å². The van der Waals surface area contributed by atoms with E-state index in [1.807, 2.05) is 13.8 Å². The summed E-state index contributed by atoms with van der Waals surface area (Å²) >= 11 is 0. The zero-order valence-electron chi connectivity index (χ0n) is 20.7. The van der Waals surface area contributed by atoms with Gasteiger partial charge in [-0.2, -0.15) is 0 Å². The molecule has 0 aromatic rings. The van der Waals surface area contributed by atoms with Crippen molar-refractivity contribution < 1.29 is 19.2 Å². The average Bonchev–Trinajstić information content (AvgIpc) is 3.12. The van der Waals surface area contributed by atoms with E-state index in [0.29, 0.717) is 25.8 Å². The normalized spacial score (nSPS) is 33.6. The predicted molar refractivity (Wildman–Crippen MR) is 126 cm³/mol. The molecule has 2 heterocycles. The summed E-state index contributed by atoms with van der Waals surface area (Å²) in [5.41, 5.74) is 6.20. The molecule has 8 heteroatoms. The molecule has 186 valence electrons. The van der Waals surface area contributed by atoms with E-state index in [1.165, 1.54) is 0 Å². The molecule has 6 atom stereocenters. The van der Waals surface area contributed by atoms with Gasteiger partial charge in [0, 0.05) is 12.6 Å². The molecule has 3 amide bonds. The quantitative estimate of drug-likeness (QED) is 0.551. The number of hydrogen-bond acceptors (Lipinski definition) is 5. The minimum Gasteiger partial charge on any atom is -0.347 e. The third-order valence-electron chi connectivity index (χ3n) is 8.18. The third kappa shape index (κ3) is 5.58. The van der Waals surface area contributed by atoms with Gasteiger partial charge in [-0.25, -0.2) is 0 Å². The van der Waals surface area contributed by atoms with Gasteiger partial charge in [0.2, 0.25) is 17.6 Å². The summed E-state index contributed by atoms with van der Waals surface area (Å²) in [5, 5.41) is 5.60. The number of piperidine rings is 1. The Labute approximate surface area is 197 Å². The molecule has 0 spiro atoms. The van der Waals surface area contributed by atoms with Gasteiger partial charge in [-0.3, -0.25) is 19.2 Å². The van der Waals surface area contributed by atoms with E-state index in [0.717, 1.165) is 38.5 Å². The Morgan fingerprint density at radius 1 is 1.12 bits per heavy atom. The summed E-state index contributed by atoms with van der Waals surface area (Å²) in [6.45, 7) is 8.55. The Hall–Kier alpha value is -1.96. The highest BCUT2D eigenvalue weighted by atomic mass is 16.2. The molecule has 3 fully saturated rings. The van der Waals surface area contributed by atoms with Crippen LogP contribution in [-0.2, 0) is 19.2 Å². The summed E-state index contributed by atoms with van der Waals surface area (Å²) < 4.78 is 0. The molecule has 0 bridgehead atoms. The molecular formula is C25H42N4O4. The predicted octanol–water partition coefficient (Wildman–Crippen LogP) is 1.90. The van der Waals surface area contributed by atoms with Crippen molar-refractivity contribution in [1.82, 2.24) is 15.5 Å². The van der Waals surface area contributed by atoms with Gasteiger partial charge in [0.1, 0.15) is 6.04 Å². The fourth-order valence-electron chi connectivity index (χ4n) is 5.65. The number of rotatable bonds is 4. The van der Waals surface area contributed by atoms with E-state index in [4.69, 9.17) is 5.73 Å². The summed E-state index contributed by atoms with van der Waals surface area (Å²) in [6, 6.07) is -2.23. The number of nitrogens with one attached hydrogen (secondary N) is 2. The van der Waals surface area contributed by atoms with Crippen molar-refractivity contribution in [1.29, 1.82) is 0 Å². The number of carbonyl (C=O) groups excluding carboxylic acids is 4. The van der Waals surface area contributed by atoms with Crippen LogP contribution in [0, 0.1) is 17.3 Å². The molecule has 4 N–H and O–H groups in total. The Morgan fingerprint density at radius 2 is 1.73 bits per heavy atom. The molecule has 0 aromatic heterocycles. The standard InChI is InChI=1S/C25H42N4O4/c1-5-15(2)27-23(32)21(30)18-13-11-9-7-6-8-10-12-17(26)24(33)29-14-16-19(25(16,3)4)20(29)22(31)28-18/h15-20H,5-14,26H2,1-4H3,(H,27,32)(H,28,31)/t15?,16-,17-,18-,19-,20-/m0/s1. The fraction of sp³-hybridized carbons (Fsp3) is 0.840. The number of fused-ring (bicyclic) bond motifs is 3. The van der Waals surface area contributed by atoms with Crippen LogP contribution in [0.5, 0.6) is 0 Å². The largest absolute Gasteiger partial charge is 0.347 e. The lowest BCUT2D eigenvalue weighted by atomic mass is 9.98. The Balaban J connectivity index is 1.81. The number of nitrogens with zero attached hydrogens (tertiary/aromatic N) is 1. The summed E-state index contributed by atoms with van der Waals surface area (Å²) in [5.74, 6) is -1.46. The highest BCUT2D eigenvalue weighted by Crippen LogP contribution is 2.64. The topological polar surface area (TPSA) is 122 Å². The molecule has 0 radical (unpaired) electrons. The van der Waals surface area contributed by atoms with Gasteiger partial charge in [-0.05, 0) is 43.4 Å². The first-order valence-corrected chi connectivity index (χ1v) is 12.8. The summed E-state index contributed by atoms with van der Waals surface area (Å²) in [6.07, 6.45) is 7.44. The molecule has 2 saturated heterocycles. The van der Waals surface area contributed by atoms with E-state index in [-0.39, 0.29) is 35.1 Å². The lowest BCUT2D eigenvalue weighted by molar-refractivity contribution is -0.144. The lowest BCUT2D eigenvalue weighted by Crippen LogP contribution is -2.57. The van der Waals surface area contributed by atoms with E-state index in [9.17, 15) is 19.2 Å². The second kappa shape index (κ2) is 10.5. The van der Waals surface area contributed by atoms with E-state index >= 15 is 0 Å². The van der Waals surface area contributed by atoms with Gasteiger partial charge >= 0.3 is 0 Å². The first-order valence-electron chi connectivity index (χ1n) is 12.8. The van der Waals surface area contributed by atoms with Gasteiger partial charge < -0.3 is 21.3 Å². The van der Waals surface area contributed by atoms with Gasteiger partial charge in [0.25, 0.3) is 5.91 Å². The molecule has 3 aliphatic rings. The number of carbonyl (C=O) groups is 4. The molecule has 3 rings (SSSR count). The summed E-state index contributed by atoms with van der Waals surface area (Å²) in [4.78, 5) is 53.8. The number of nitrogens with two attached hydrogens (primary N) is 1. The molecular weight excluding hydrogens is 420 g/mol. The number of hydrogen-bond donors (Lipinski definition) is 3. The van der Waals surface area contributed by atoms with Gasteiger partial charge in [-0.15, -0.1) is 0 Å². The van der Waals surface area contributed by atoms with Crippen molar-refractivity contribution in [3.8, 4) is 0 Å². The van der Waals surface area contributed by atoms with Crippen molar-refractivity contribution in [3.05, 3.63) is 0 Å². The average molecular weight is 463 g/mol. The van der Waals surface area contributed by atoms with Gasteiger partial charge in [-0.1, -0.05) is 59.3 Å². The first kappa shape index (κ1) is 25.7. The van der Waals surface area contributed by atoms with Crippen LogP contribution < -0.4 is 16.4 Å². The van der Waals surface area contributed by atoms with Crippen LogP contribution in [0.15, 0.2) is 0 Å². The molecule has 33 heavy (non-hydrogen) atoms. The maximum absolute atomic E-state index is 13.5. The Bertz CT molecular complexity index is 768. The zero-order chi connectivity index (χ0) is 24.3. The smallest absolute Gasteiger partial charge is 0.289 e. The minimum atomic E-state index is -0.877. The van der Waals surface area contributed by atoms with Gasteiger partial charge in [0.05, 0.1) is 12.1 Å². The van der Waals surface area contributed by atoms with Crippen molar-refractivity contribution >= 4 is 23.5 Å². The highest BCUT2D eigenvalue weighted by Gasteiger charge is 2.69. The van der Waals surface area contributed by atoms with Crippen LogP contribution in [0.3, 0.4) is 0 Å². The van der Waals surface area contributed by atoms with E-state index in [1.54, 1.807) is 4.90 Å². The lowest BCUT2D eigenvalue weighted by Gasteiger charge is -2.32. The molecule has 1 unspecified atom stereocenters. The van der Waals surface area contributed by atoms with Crippen LogP contribution >= 0.6 is 0 Å². The second-order valence-electron chi connectivity index (χ2n) is 10.9. The highest BCUT2D eigenvalue weighted by molar-refractivity contribution is 6.38. The van der Waals surface area contributed by atoms with Crippen LogP contribution in [0.1, 0.15) is 85.5 Å². The number of amides is 3. The third-order valence-corrected chi connectivity index (χ3v) is 8.18. The molecule has 1 aliphatic carbocycles. The fourth-order valence-corrected chi connectivity index (χ4v) is 5.65. The van der Waals surface area contributed by atoms with Crippen molar-refractivity contribution in [2.75, 3.05) is 6.54 Å². The summed E-state index contributed by atoms with van der Waals surface area (Å²) in [7, 11) is 0. The maximum Gasteiger partial charge on any atom is 0.289 e. The first-order chi connectivity index (χ1) is 15.6. The monoisotopic (exact) mass is 462 g/mol. The SMILES string of the molecule is CCC(C)NC(=O)C(=O)[C@@H]1CCCCCCCC[C@H](N)C(=O)N2C[C@H]3[C@@H]([C@H]2C(=O)N1)C3(C)C. The van der Waals surface area contributed by atoms with Crippen molar-refractivity contribution in [2.45, 2.75) is 110 Å². The maximum atomic E-state index is 13.5. The Morgan fingerprint density at radius 3 is 2.36 bits per heavy atom. The molecule has 8 nitrogen and oxygen atoms in total. The van der Waals surface area contributed by atoms with Crippen LogP contribution in [0.25, 0.3) is 0 Å². The number of Topliss-reactive ketones (excluding diaryl/α,β-unsaturated/α-hetero) is 1. The molecule has 1 saturated carbocycles. The second-order valence-corrected chi connectivity index (χ2v) is 10.9. The minimum absolute atomic E-state index is 0.0285. The van der Waals surface area contributed by atoms with Crippen LogP contribution in [-0.4, -0.2) is 59.1 Å². The Kier molecular flexibility index (Phi) is 8.19. The van der Waals surface area contributed by atoms with E-state index < -0.39 is 29.8 Å². The molecule has 2 aliphatic heterocycles. The van der Waals surface area contributed by atoms with Gasteiger partial charge in [0.15, 0.2) is 0 Å².